The molecule has 0 spiro atoms. The fourth-order valence-corrected chi connectivity index (χ4v) is 7.12. The molecule has 0 aliphatic carbocycles. The fraction of sp³-hybridized carbons (Fsp3) is 0.385. The van der Waals surface area contributed by atoms with Crippen molar-refractivity contribution < 1.29 is 13.2 Å². The van der Waals surface area contributed by atoms with Gasteiger partial charge in [-0.15, -0.1) is 11.3 Å². The lowest BCUT2D eigenvalue weighted by molar-refractivity contribution is 0.102. The van der Waals surface area contributed by atoms with Crippen LogP contribution in [0.1, 0.15) is 46.3 Å². The molecule has 2 aliphatic rings. The summed E-state index contributed by atoms with van der Waals surface area (Å²) in [6.07, 6.45) is 2.61. The zero-order chi connectivity index (χ0) is 24.4. The van der Waals surface area contributed by atoms with Crippen molar-refractivity contribution in [3.63, 3.8) is 0 Å². The molecule has 1 amide bonds. The average molecular weight is 511 g/mol. The van der Waals surface area contributed by atoms with Gasteiger partial charge in [0, 0.05) is 49.6 Å². The third-order valence-corrected chi connectivity index (χ3v) is 9.69. The van der Waals surface area contributed by atoms with E-state index in [1.807, 2.05) is 6.07 Å². The molecule has 1 fully saturated rings. The highest BCUT2D eigenvalue weighted by atomic mass is 32.2. The molecule has 1 saturated heterocycles. The van der Waals surface area contributed by atoms with Crippen LogP contribution in [0, 0.1) is 5.92 Å². The van der Waals surface area contributed by atoms with Gasteiger partial charge in [-0.05, 0) is 48.6 Å². The highest BCUT2D eigenvalue weighted by Gasteiger charge is 2.28. The second-order valence-corrected chi connectivity index (χ2v) is 12.4. The van der Waals surface area contributed by atoms with Gasteiger partial charge in [-0.1, -0.05) is 37.3 Å². The van der Waals surface area contributed by atoms with Crippen LogP contribution in [-0.2, 0) is 29.5 Å². The van der Waals surface area contributed by atoms with Crippen LogP contribution in [0.4, 0.5) is 5.13 Å². The summed E-state index contributed by atoms with van der Waals surface area (Å²) in [6, 6.07) is 16.6. The molecular formula is C26H30N4O3S2. The minimum Gasteiger partial charge on any atom is -0.298 e. The van der Waals surface area contributed by atoms with Crippen LogP contribution in [0.15, 0.2) is 59.5 Å². The van der Waals surface area contributed by atoms with Crippen molar-refractivity contribution >= 4 is 32.4 Å². The second kappa shape index (κ2) is 10.2. The van der Waals surface area contributed by atoms with Crippen LogP contribution in [0.2, 0.25) is 0 Å². The maximum Gasteiger partial charge on any atom is 0.257 e. The first-order chi connectivity index (χ1) is 16.9. The number of aromatic nitrogens is 1. The standard InChI is InChI=1S/C26H30N4O3S2/c1-19-11-15-30(16-12-19)35(32,33)22-9-7-21(8-10-22)25(31)28-26-27-23-13-14-29(18-24(23)34-26)17-20-5-3-2-4-6-20/h2-10,19H,11-18H2,1H3,(H,27,28,31). The predicted octanol–water partition coefficient (Wildman–Crippen LogP) is 4.37. The zero-order valence-electron chi connectivity index (χ0n) is 19.8. The van der Waals surface area contributed by atoms with Crippen molar-refractivity contribution in [2.24, 2.45) is 5.92 Å². The van der Waals surface area contributed by atoms with E-state index in [9.17, 15) is 13.2 Å². The minimum absolute atomic E-state index is 0.229. The first-order valence-corrected chi connectivity index (χ1v) is 14.3. The third-order valence-electron chi connectivity index (χ3n) is 6.78. The van der Waals surface area contributed by atoms with Crippen LogP contribution < -0.4 is 5.32 Å². The summed E-state index contributed by atoms with van der Waals surface area (Å²) in [4.78, 5) is 21.3. The van der Waals surface area contributed by atoms with Crippen LogP contribution in [-0.4, -0.2) is 48.1 Å². The summed E-state index contributed by atoms with van der Waals surface area (Å²) in [5, 5.41) is 3.48. The normalized spacial score (nSPS) is 17.7. The van der Waals surface area contributed by atoms with Crippen LogP contribution >= 0.6 is 11.3 Å². The van der Waals surface area contributed by atoms with Gasteiger partial charge in [0.25, 0.3) is 5.91 Å². The SMILES string of the molecule is CC1CCN(S(=O)(=O)c2ccc(C(=O)Nc3nc4c(s3)CN(Cc3ccccc3)CC4)cc2)CC1. The molecule has 5 rings (SSSR count). The van der Waals surface area contributed by atoms with Gasteiger partial charge in [0.2, 0.25) is 10.0 Å². The van der Waals surface area contributed by atoms with Crippen molar-refractivity contribution in [3.8, 4) is 0 Å². The molecule has 2 aromatic carbocycles. The third kappa shape index (κ3) is 5.48. The minimum atomic E-state index is -3.53. The maximum absolute atomic E-state index is 12.9. The van der Waals surface area contributed by atoms with Gasteiger partial charge in [0.15, 0.2) is 5.13 Å². The van der Waals surface area contributed by atoms with Crippen molar-refractivity contribution in [3.05, 3.63) is 76.3 Å². The molecular weight excluding hydrogens is 480 g/mol. The van der Waals surface area contributed by atoms with Gasteiger partial charge in [-0.25, -0.2) is 13.4 Å². The highest BCUT2D eigenvalue weighted by Crippen LogP contribution is 2.29. The van der Waals surface area contributed by atoms with Crippen molar-refractivity contribution in [2.45, 2.75) is 44.2 Å². The van der Waals surface area contributed by atoms with E-state index in [0.29, 0.717) is 29.7 Å². The number of fused-ring (bicyclic) bond motifs is 1. The summed E-state index contributed by atoms with van der Waals surface area (Å²) >= 11 is 1.51. The number of sulfonamides is 1. The van der Waals surface area contributed by atoms with E-state index in [1.54, 1.807) is 16.4 Å². The molecule has 184 valence electrons. The van der Waals surface area contributed by atoms with Gasteiger partial charge in [-0.3, -0.25) is 15.0 Å². The van der Waals surface area contributed by atoms with Crippen LogP contribution in [0.3, 0.4) is 0 Å². The summed E-state index contributed by atoms with van der Waals surface area (Å²) in [5.74, 6) is 0.268. The molecule has 0 bridgehead atoms. The van der Waals surface area contributed by atoms with Crippen LogP contribution in [0.5, 0.6) is 0 Å². The lowest BCUT2D eigenvalue weighted by atomic mass is 10.0. The van der Waals surface area contributed by atoms with E-state index in [4.69, 9.17) is 0 Å². The van der Waals surface area contributed by atoms with Crippen molar-refractivity contribution in [1.82, 2.24) is 14.2 Å². The summed E-state index contributed by atoms with van der Waals surface area (Å²) < 4.78 is 27.4. The lowest BCUT2D eigenvalue weighted by Gasteiger charge is -2.29. The number of nitrogens with zero attached hydrogens (tertiary/aromatic N) is 3. The first kappa shape index (κ1) is 24.1. The Labute approximate surface area is 210 Å². The molecule has 1 aromatic heterocycles. The van der Waals surface area contributed by atoms with Gasteiger partial charge < -0.3 is 0 Å². The first-order valence-electron chi connectivity index (χ1n) is 12.0. The number of anilines is 1. The molecule has 9 heteroatoms. The number of hydrogen-bond acceptors (Lipinski definition) is 6. The van der Waals surface area contributed by atoms with Gasteiger partial charge in [0.05, 0.1) is 10.6 Å². The highest BCUT2D eigenvalue weighted by molar-refractivity contribution is 7.89. The number of rotatable bonds is 6. The van der Waals surface area contributed by atoms with Crippen molar-refractivity contribution in [2.75, 3.05) is 25.0 Å². The topological polar surface area (TPSA) is 82.6 Å². The largest absolute Gasteiger partial charge is 0.298 e. The molecule has 3 heterocycles. The molecule has 0 radical (unpaired) electrons. The molecule has 0 saturated carbocycles. The summed E-state index contributed by atoms with van der Waals surface area (Å²) in [7, 11) is -3.53. The summed E-state index contributed by atoms with van der Waals surface area (Å²) in [5.41, 5.74) is 2.75. The van der Waals surface area contributed by atoms with E-state index in [2.05, 4.69) is 46.4 Å². The Morgan fingerprint density at radius 3 is 2.49 bits per heavy atom. The zero-order valence-corrected chi connectivity index (χ0v) is 21.4. The van der Waals surface area contributed by atoms with Crippen LogP contribution in [0.25, 0.3) is 0 Å². The molecule has 0 atom stereocenters. The van der Waals surface area contributed by atoms with Crippen molar-refractivity contribution in [1.29, 1.82) is 0 Å². The predicted molar refractivity (Wildman–Crippen MR) is 138 cm³/mol. The smallest absolute Gasteiger partial charge is 0.257 e. The average Bonchev–Trinajstić information content (AvgIpc) is 3.26. The van der Waals surface area contributed by atoms with Gasteiger partial charge >= 0.3 is 0 Å². The van der Waals surface area contributed by atoms with E-state index < -0.39 is 10.0 Å². The number of carbonyl (C=O) groups excluding carboxylic acids is 1. The molecule has 1 N–H and O–H groups in total. The Bertz CT molecular complexity index is 1280. The Balaban J connectivity index is 1.21. The second-order valence-electron chi connectivity index (χ2n) is 9.40. The number of carbonyl (C=O) groups is 1. The number of piperidine rings is 1. The Hall–Kier alpha value is -2.59. The number of nitrogens with one attached hydrogen (secondary N) is 1. The molecule has 35 heavy (non-hydrogen) atoms. The molecule has 3 aromatic rings. The van der Waals surface area contributed by atoms with Gasteiger partial charge in [0.1, 0.15) is 0 Å². The monoisotopic (exact) mass is 510 g/mol. The van der Waals surface area contributed by atoms with Gasteiger partial charge in [-0.2, -0.15) is 4.31 Å². The lowest BCUT2D eigenvalue weighted by Crippen LogP contribution is -2.37. The number of hydrogen-bond donors (Lipinski definition) is 1. The van der Waals surface area contributed by atoms with E-state index in [1.165, 1.54) is 33.9 Å². The molecule has 0 unspecified atom stereocenters. The Morgan fingerprint density at radius 1 is 1.06 bits per heavy atom. The number of benzene rings is 2. The van der Waals surface area contributed by atoms with E-state index in [0.717, 1.165) is 44.6 Å². The summed E-state index contributed by atoms with van der Waals surface area (Å²) in [6.45, 7) is 5.89. The maximum atomic E-state index is 12.9. The molecule has 2 aliphatic heterocycles. The number of thiazole rings is 1. The quantitative estimate of drug-likeness (QED) is 0.532. The fourth-order valence-electron chi connectivity index (χ4n) is 4.60. The number of amides is 1. The van der Waals surface area contributed by atoms with E-state index >= 15 is 0 Å². The molecule has 7 nitrogen and oxygen atoms in total. The van der Waals surface area contributed by atoms with E-state index in [-0.39, 0.29) is 10.8 Å². The Morgan fingerprint density at radius 2 is 1.77 bits per heavy atom. The Kier molecular flexibility index (Phi) is 7.02.